The van der Waals surface area contributed by atoms with Gasteiger partial charge in [-0.05, 0) is 24.1 Å². The number of benzene rings is 1. The van der Waals surface area contributed by atoms with Gasteiger partial charge in [-0.3, -0.25) is 4.79 Å². The van der Waals surface area contributed by atoms with Gasteiger partial charge in [0.25, 0.3) is 5.91 Å². The van der Waals surface area contributed by atoms with E-state index in [1.165, 1.54) is 6.26 Å². The van der Waals surface area contributed by atoms with Crippen LogP contribution < -0.4 is 20.5 Å². The average molecular weight is 335 g/mol. The largest absolute Gasteiger partial charge is 0.493 e. The SMILES string of the molecule is COc1ccc(CCNC(=O)c2coc(C(N)CO)n2)cc1OC. The van der Waals surface area contributed by atoms with Crippen LogP contribution in [0.4, 0.5) is 0 Å². The van der Waals surface area contributed by atoms with E-state index >= 15 is 0 Å². The summed E-state index contributed by atoms with van der Waals surface area (Å²) in [6.45, 7) is 0.115. The van der Waals surface area contributed by atoms with Gasteiger partial charge in [-0.2, -0.15) is 0 Å². The standard InChI is InChI=1S/C16H21N3O5/c1-22-13-4-3-10(7-14(13)23-2)5-6-18-15(21)12-9-24-16(19-12)11(17)8-20/h3-4,7,9,11,20H,5-6,8,17H2,1-2H3,(H,18,21). The summed E-state index contributed by atoms with van der Waals surface area (Å²) in [5.41, 5.74) is 6.70. The van der Waals surface area contributed by atoms with Crippen molar-refractivity contribution in [3.63, 3.8) is 0 Å². The van der Waals surface area contributed by atoms with E-state index in [2.05, 4.69) is 10.3 Å². The fourth-order valence-corrected chi connectivity index (χ4v) is 2.09. The predicted octanol–water partition coefficient (Wildman–Crippen LogP) is 0.656. The molecule has 0 fully saturated rings. The van der Waals surface area contributed by atoms with Gasteiger partial charge >= 0.3 is 0 Å². The zero-order chi connectivity index (χ0) is 17.5. The fourth-order valence-electron chi connectivity index (χ4n) is 2.09. The van der Waals surface area contributed by atoms with Crippen LogP contribution in [-0.2, 0) is 6.42 Å². The summed E-state index contributed by atoms with van der Waals surface area (Å²) in [5.74, 6) is 1.05. The normalized spacial score (nSPS) is 11.8. The van der Waals surface area contributed by atoms with Gasteiger partial charge in [0.05, 0.1) is 20.8 Å². The number of aliphatic hydroxyl groups excluding tert-OH is 1. The number of nitrogens with zero attached hydrogens (tertiary/aromatic N) is 1. The molecule has 1 aromatic carbocycles. The van der Waals surface area contributed by atoms with Crippen molar-refractivity contribution in [2.24, 2.45) is 5.73 Å². The second-order valence-electron chi connectivity index (χ2n) is 5.06. The highest BCUT2D eigenvalue weighted by Crippen LogP contribution is 2.27. The molecular weight excluding hydrogens is 314 g/mol. The van der Waals surface area contributed by atoms with Crippen molar-refractivity contribution >= 4 is 5.91 Å². The molecule has 0 aliphatic rings. The Kier molecular flexibility index (Phi) is 6.16. The number of aliphatic hydroxyl groups is 1. The Morgan fingerprint density at radius 1 is 1.38 bits per heavy atom. The lowest BCUT2D eigenvalue weighted by molar-refractivity contribution is 0.0949. The molecule has 0 radical (unpaired) electrons. The predicted molar refractivity (Wildman–Crippen MR) is 86.1 cm³/mol. The molecule has 0 saturated carbocycles. The minimum absolute atomic E-state index is 0.126. The summed E-state index contributed by atoms with van der Waals surface area (Å²) in [6.07, 6.45) is 1.84. The van der Waals surface area contributed by atoms with Crippen LogP contribution in [0, 0.1) is 0 Å². The van der Waals surface area contributed by atoms with Crippen molar-refractivity contribution in [1.82, 2.24) is 10.3 Å². The molecule has 0 bridgehead atoms. The van der Waals surface area contributed by atoms with Crippen molar-refractivity contribution in [2.45, 2.75) is 12.5 Å². The van der Waals surface area contributed by atoms with Crippen LogP contribution in [0.2, 0.25) is 0 Å². The molecule has 24 heavy (non-hydrogen) atoms. The lowest BCUT2D eigenvalue weighted by Gasteiger charge is -2.09. The van der Waals surface area contributed by atoms with Gasteiger partial charge in [-0.25, -0.2) is 4.98 Å². The van der Waals surface area contributed by atoms with Gasteiger partial charge in [0.15, 0.2) is 17.2 Å². The van der Waals surface area contributed by atoms with E-state index in [4.69, 9.17) is 24.7 Å². The van der Waals surface area contributed by atoms with Crippen LogP contribution in [0.15, 0.2) is 28.9 Å². The first-order valence-electron chi connectivity index (χ1n) is 7.40. The van der Waals surface area contributed by atoms with Crippen molar-refractivity contribution in [1.29, 1.82) is 0 Å². The molecule has 130 valence electrons. The first-order valence-corrected chi connectivity index (χ1v) is 7.40. The van der Waals surface area contributed by atoms with Crippen molar-refractivity contribution < 1.29 is 23.8 Å². The summed E-state index contributed by atoms with van der Waals surface area (Å²) in [7, 11) is 3.15. The van der Waals surface area contributed by atoms with E-state index in [0.717, 1.165) is 5.56 Å². The van der Waals surface area contributed by atoms with Crippen molar-refractivity contribution in [3.8, 4) is 11.5 Å². The Morgan fingerprint density at radius 2 is 2.12 bits per heavy atom. The van der Waals surface area contributed by atoms with Gasteiger partial charge in [-0.15, -0.1) is 0 Å². The maximum absolute atomic E-state index is 12.0. The number of rotatable bonds is 8. The number of carbonyl (C=O) groups is 1. The molecule has 1 amide bonds. The van der Waals surface area contributed by atoms with Crippen molar-refractivity contribution in [3.05, 3.63) is 41.6 Å². The Balaban J connectivity index is 1.89. The van der Waals surface area contributed by atoms with Crippen LogP contribution in [0.1, 0.15) is 28.0 Å². The van der Waals surface area contributed by atoms with Gasteiger partial charge in [0.1, 0.15) is 12.3 Å². The number of amides is 1. The molecule has 0 spiro atoms. The third-order valence-electron chi connectivity index (χ3n) is 3.42. The molecule has 1 heterocycles. The maximum Gasteiger partial charge on any atom is 0.273 e. The molecule has 2 aromatic rings. The van der Waals surface area contributed by atoms with Crippen LogP contribution in [0.25, 0.3) is 0 Å². The molecule has 4 N–H and O–H groups in total. The highest BCUT2D eigenvalue weighted by Gasteiger charge is 2.16. The quantitative estimate of drug-likeness (QED) is 0.648. The van der Waals surface area contributed by atoms with E-state index < -0.39 is 6.04 Å². The number of hydrogen-bond donors (Lipinski definition) is 3. The second-order valence-corrected chi connectivity index (χ2v) is 5.06. The number of carbonyl (C=O) groups excluding carboxylic acids is 1. The third kappa shape index (κ3) is 4.24. The van der Waals surface area contributed by atoms with E-state index in [1.807, 2.05) is 18.2 Å². The molecule has 0 saturated heterocycles. The molecule has 0 aliphatic carbocycles. The van der Waals surface area contributed by atoms with E-state index in [1.54, 1.807) is 14.2 Å². The number of aromatic nitrogens is 1. The number of nitrogens with one attached hydrogen (secondary N) is 1. The molecule has 8 nitrogen and oxygen atoms in total. The lowest BCUT2D eigenvalue weighted by Crippen LogP contribution is -2.26. The number of hydrogen-bond acceptors (Lipinski definition) is 7. The smallest absolute Gasteiger partial charge is 0.273 e. The summed E-state index contributed by atoms with van der Waals surface area (Å²) in [6, 6.07) is 4.84. The zero-order valence-corrected chi connectivity index (χ0v) is 13.6. The molecule has 1 atom stereocenters. The van der Waals surface area contributed by atoms with Gasteiger partial charge < -0.3 is 30.0 Å². The monoisotopic (exact) mass is 335 g/mol. The van der Waals surface area contributed by atoms with E-state index in [-0.39, 0.29) is 24.1 Å². The van der Waals surface area contributed by atoms with E-state index in [0.29, 0.717) is 24.5 Å². The summed E-state index contributed by atoms with van der Waals surface area (Å²) >= 11 is 0. The van der Waals surface area contributed by atoms with Gasteiger partial charge in [0.2, 0.25) is 5.89 Å². The minimum Gasteiger partial charge on any atom is -0.493 e. The zero-order valence-electron chi connectivity index (χ0n) is 13.6. The average Bonchev–Trinajstić information content (AvgIpc) is 3.11. The molecule has 1 aromatic heterocycles. The Labute approximate surface area is 139 Å². The molecule has 1 unspecified atom stereocenters. The van der Waals surface area contributed by atoms with Crippen LogP contribution in [0.3, 0.4) is 0 Å². The fraction of sp³-hybridized carbons (Fsp3) is 0.375. The third-order valence-corrected chi connectivity index (χ3v) is 3.42. The van der Waals surface area contributed by atoms with Crippen LogP contribution >= 0.6 is 0 Å². The van der Waals surface area contributed by atoms with Crippen LogP contribution in [0.5, 0.6) is 11.5 Å². The second kappa shape index (κ2) is 8.32. The number of ether oxygens (including phenoxy) is 2. The summed E-state index contributed by atoms with van der Waals surface area (Å²) < 4.78 is 15.5. The minimum atomic E-state index is -0.738. The van der Waals surface area contributed by atoms with Gasteiger partial charge in [-0.1, -0.05) is 6.07 Å². The topological polar surface area (TPSA) is 120 Å². The highest BCUT2D eigenvalue weighted by atomic mass is 16.5. The van der Waals surface area contributed by atoms with Gasteiger partial charge in [0, 0.05) is 6.54 Å². The summed E-state index contributed by atoms with van der Waals surface area (Å²) in [5, 5.41) is 11.7. The van der Waals surface area contributed by atoms with Crippen LogP contribution in [-0.4, -0.2) is 43.4 Å². The highest BCUT2D eigenvalue weighted by molar-refractivity contribution is 5.91. The molecule has 2 rings (SSSR count). The Hall–Kier alpha value is -2.58. The Morgan fingerprint density at radius 3 is 2.79 bits per heavy atom. The number of methoxy groups -OCH3 is 2. The number of nitrogens with two attached hydrogens (primary N) is 1. The molecule has 8 heteroatoms. The lowest BCUT2D eigenvalue weighted by atomic mass is 10.1. The molecular formula is C16H21N3O5. The molecule has 0 aliphatic heterocycles. The van der Waals surface area contributed by atoms with Crippen molar-refractivity contribution in [2.75, 3.05) is 27.4 Å². The first-order chi connectivity index (χ1) is 11.6. The summed E-state index contributed by atoms with van der Waals surface area (Å²) in [4.78, 5) is 16.0. The first kappa shape index (κ1) is 17.8. The Bertz CT molecular complexity index is 686. The van der Waals surface area contributed by atoms with E-state index in [9.17, 15) is 4.79 Å². The number of oxazole rings is 1. The maximum atomic E-state index is 12.0.